The van der Waals surface area contributed by atoms with Crippen LogP contribution in [0.15, 0.2) is 6.07 Å². The van der Waals surface area contributed by atoms with Crippen molar-refractivity contribution in [2.45, 2.75) is 19.8 Å². The van der Waals surface area contributed by atoms with Gasteiger partial charge in [-0.05, 0) is 32.4 Å². The number of aryl methyl sites for hydroxylation is 1. The van der Waals surface area contributed by atoms with Crippen molar-refractivity contribution in [3.8, 4) is 0 Å². The van der Waals surface area contributed by atoms with Crippen LogP contribution in [-0.2, 0) is 0 Å². The van der Waals surface area contributed by atoms with Crippen LogP contribution in [0.5, 0.6) is 0 Å². The minimum absolute atomic E-state index is 0. The zero-order valence-corrected chi connectivity index (χ0v) is 11.3. The number of rotatable bonds is 1. The molecule has 1 aromatic heterocycles. The molecule has 2 aliphatic rings. The summed E-state index contributed by atoms with van der Waals surface area (Å²) in [5.41, 5.74) is 1.82. The van der Waals surface area contributed by atoms with Crippen LogP contribution in [0.1, 0.15) is 29.0 Å². The quantitative estimate of drug-likeness (QED) is 0.799. The molecule has 1 unspecified atom stereocenters. The van der Waals surface area contributed by atoms with E-state index >= 15 is 0 Å². The van der Waals surface area contributed by atoms with Crippen LogP contribution < -0.4 is 5.32 Å². The van der Waals surface area contributed by atoms with Crippen LogP contribution in [0.3, 0.4) is 0 Å². The molecule has 1 atom stereocenters. The highest BCUT2D eigenvalue weighted by Gasteiger charge is 2.42. The molecule has 2 fully saturated rings. The Hall–Kier alpha value is -1.07. The Bertz CT molecular complexity index is 439. The Morgan fingerprint density at radius 2 is 2.33 bits per heavy atom. The van der Waals surface area contributed by atoms with Gasteiger partial charge in [-0.2, -0.15) is 5.10 Å². The number of aromatic amines is 1. The Labute approximate surface area is 113 Å². The maximum Gasteiger partial charge on any atom is 0.274 e. The second kappa shape index (κ2) is 4.90. The molecule has 18 heavy (non-hydrogen) atoms. The molecule has 0 bridgehead atoms. The van der Waals surface area contributed by atoms with Crippen LogP contribution in [0.25, 0.3) is 0 Å². The summed E-state index contributed by atoms with van der Waals surface area (Å²) >= 11 is 0. The minimum Gasteiger partial charge on any atom is -0.337 e. The second-order valence-corrected chi connectivity index (χ2v) is 5.34. The maximum atomic E-state index is 12.2. The van der Waals surface area contributed by atoms with E-state index in [-0.39, 0.29) is 18.3 Å². The predicted octanol–water partition coefficient (Wildman–Crippen LogP) is 0.966. The standard InChI is InChI=1S/C12H18N4O.ClH/c1-9-6-10(15-14-9)11(17)16-5-3-12(8-16)2-4-13-7-12;/h6,13H,2-5,7-8H2,1H3,(H,14,15);1H. The highest BCUT2D eigenvalue weighted by Crippen LogP contribution is 2.36. The van der Waals surface area contributed by atoms with E-state index in [1.165, 1.54) is 6.42 Å². The van der Waals surface area contributed by atoms with E-state index in [0.717, 1.165) is 38.3 Å². The molecule has 1 spiro atoms. The molecule has 5 nitrogen and oxygen atoms in total. The third-order valence-electron chi connectivity index (χ3n) is 3.98. The molecule has 1 amide bonds. The number of H-pyrrole nitrogens is 1. The van der Waals surface area contributed by atoms with Gasteiger partial charge in [-0.3, -0.25) is 9.89 Å². The summed E-state index contributed by atoms with van der Waals surface area (Å²) in [6.07, 6.45) is 2.31. The number of amides is 1. The van der Waals surface area contributed by atoms with E-state index in [9.17, 15) is 4.79 Å². The minimum atomic E-state index is 0. The molecular formula is C12H19ClN4O. The van der Waals surface area contributed by atoms with Crippen molar-refractivity contribution < 1.29 is 4.79 Å². The molecule has 1 aromatic rings. The smallest absolute Gasteiger partial charge is 0.274 e. The first-order valence-electron chi connectivity index (χ1n) is 6.21. The molecule has 100 valence electrons. The van der Waals surface area contributed by atoms with Crippen molar-refractivity contribution in [2.75, 3.05) is 26.2 Å². The topological polar surface area (TPSA) is 61.0 Å². The van der Waals surface area contributed by atoms with Gasteiger partial charge in [0.1, 0.15) is 5.69 Å². The number of hydrogen-bond donors (Lipinski definition) is 2. The fourth-order valence-electron chi connectivity index (χ4n) is 2.94. The molecule has 2 aliphatic heterocycles. The van der Waals surface area contributed by atoms with Crippen molar-refractivity contribution in [2.24, 2.45) is 5.41 Å². The van der Waals surface area contributed by atoms with Crippen LogP contribution in [0, 0.1) is 12.3 Å². The number of likely N-dealkylation sites (tertiary alicyclic amines) is 1. The summed E-state index contributed by atoms with van der Waals surface area (Å²) in [6.45, 7) is 5.80. The van der Waals surface area contributed by atoms with Gasteiger partial charge in [-0.25, -0.2) is 0 Å². The predicted molar refractivity (Wildman–Crippen MR) is 71.0 cm³/mol. The summed E-state index contributed by atoms with van der Waals surface area (Å²) in [5.74, 6) is 0.0677. The molecule has 6 heteroatoms. The van der Waals surface area contributed by atoms with Crippen molar-refractivity contribution in [3.05, 3.63) is 17.5 Å². The van der Waals surface area contributed by atoms with Crippen LogP contribution in [-0.4, -0.2) is 47.2 Å². The van der Waals surface area contributed by atoms with Crippen LogP contribution >= 0.6 is 12.4 Å². The average Bonchev–Trinajstić information content (AvgIpc) is 3.02. The highest BCUT2D eigenvalue weighted by atomic mass is 35.5. The van der Waals surface area contributed by atoms with E-state index in [1.807, 2.05) is 17.9 Å². The molecule has 2 saturated heterocycles. The lowest BCUT2D eigenvalue weighted by molar-refractivity contribution is 0.0770. The Balaban J connectivity index is 0.00000120. The average molecular weight is 271 g/mol. The normalized spacial score (nSPS) is 26.6. The van der Waals surface area contributed by atoms with E-state index in [1.54, 1.807) is 0 Å². The van der Waals surface area contributed by atoms with Gasteiger partial charge in [0, 0.05) is 30.7 Å². The molecule has 0 radical (unpaired) electrons. The summed E-state index contributed by atoms with van der Waals surface area (Å²) in [6, 6.07) is 1.82. The second-order valence-electron chi connectivity index (χ2n) is 5.34. The SMILES string of the molecule is Cc1cc(C(=O)N2CCC3(CCNC3)C2)n[nH]1.Cl. The third kappa shape index (κ3) is 2.24. The first-order chi connectivity index (χ1) is 8.19. The number of hydrogen-bond acceptors (Lipinski definition) is 3. The lowest BCUT2D eigenvalue weighted by atomic mass is 9.87. The van der Waals surface area contributed by atoms with Gasteiger partial charge in [-0.1, -0.05) is 0 Å². The summed E-state index contributed by atoms with van der Waals surface area (Å²) < 4.78 is 0. The lowest BCUT2D eigenvalue weighted by Crippen LogP contribution is -2.33. The summed E-state index contributed by atoms with van der Waals surface area (Å²) in [7, 11) is 0. The molecule has 0 aliphatic carbocycles. The van der Waals surface area contributed by atoms with Gasteiger partial charge >= 0.3 is 0 Å². The summed E-state index contributed by atoms with van der Waals surface area (Å²) in [4.78, 5) is 14.2. The Morgan fingerprint density at radius 3 is 2.94 bits per heavy atom. The molecular weight excluding hydrogens is 252 g/mol. The van der Waals surface area contributed by atoms with Crippen LogP contribution in [0.2, 0.25) is 0 Å². The maximum absolute atomic E-state index is 12.2. The fraction of sp³-hybridized carbons (Fsp3) is 0.667. The van der Waals surface area contributed by atoms with Crippen LogP contribution in [0.4, 0.5) is 0 Å². The number of aromatic nitrogens is 2. The third-order valence-corrected chi connectivity index (χ3v) is 3.98. The van der Waals surface area contributed by atoms with E-state index in [0.29, 0.717) is 11.1 Å². The van der Waals surface area contributed by atoms with Gasteiger partial charge < -0.3 is 10.2 Å². The summed E-state index contributed by atoms with van der Waals surface area (Å²) in [5, 5.41) is 10.3. The van der Waals surface area contributed by atoms with Gasteiger partial charge in [0.2, 0.25) is 0 Å². The van der Waals surface area contributed by atoms with Gasteiger partial charge in [0.05, 0.1) is 0 Å². The number of nitrogens with one attached hydrogen (secondary N) is 2. The zero-order chi connectivity index (χ0) is 11.9. The molecule has 2 N–H and O–H groups in total. The molecule has 0 aromatic carbocycles. The van der Waals surface area contributed by atoms with Crippen molar-refractivity contribution in [1.29, 1.82) is 0 Å². The number of carbonyl (C=O) groups is 1. The number of nitrogens with zero attached hydrogens (tertiary/aromatic N) is 2. The van der Waals surface area contributed by atoms with E-state index in [2.05, 4.69) is 15.5 Å². The number of carbonyl (C=O) groups excluding carboxylic acids is 1. The van der Waals surface area contributed by atoms with Gasteiger partial charge in [0.15, 0.2) is 0 Å². The lowest BCUT2D eigenvalue weighted by Gasteiger charge is -2.22. The Kier molecular flexibility index (Phi) is 3.64. The van der Waals surface area contributed by atoms with Crippen molar-refractivity contribution in [1.82, 2.24) is 20.4 Å². The molecule has 3 heterocycles. The molecule has 0 saturated carbocycles. The first kappa shape index (κ1) is 13.4. The van der Waals surface area contributed by atoms with Crippen molar-refractivity contribution in [3.63, 3.8) is 0 Å². The number of halogens is 1. The first-order valence-corrected chi connectivity index (χ1v) is 6.21. The largest absolute Gasteiger partial charge is 0.337 e. The van der Waals surface area contributed by atoms with Gasteiger partial charge in [-0.15, -0.1) is 12.4 Å². The van der Waals surface area contributed by atoms with Crippen molar-refractivity contribution >= 4 is 18.3 Å². The van der Waals surface area contributed by atoms with E-state index < -0.39 is 0 Å². The van der Waals surface area contributed by atoms with Gasteiger partial charge in [0.25, 0.3) is 5.91 Å². The Morgan fingerprint density at radius 1 is 1.50 bits per heavy atom. The molecule has 3 rings (SSSR count). The van der Waals surface area contributed by atoms with E-state index in [4.69, 9.17) is 0 Å². The zero-order valence-electron chi connectivity index (χ0n) is 10.5. The monoisotopic (exact) mass is 270 g/mol. The highest BCUT2D eigenvalue weighted by molar-refractivity contribution is 5.92. The fourth-order valence-corrected chi connectivity index (χ4v) is 2.94.